The van der Waals surface area contributed by atoms with E-state index in [0.29, 0.717) is 6.04 Å². The fourth-order valence-corrected chi connectivity index (χ4v) is 2.92. The quantitative estimate of drug-likeness (QED) is 0.884. The first-order valence-electron chi connectivity index (χ1n) is 6.61. The fraction of sp³-hybridized carbons (Fsp3) is 0.571. The number of likely N-dealkylation sites (N-methyl/N-ethyl adjacent to an activating group) is 1. The molecule has 0 radical (unpaired) electrons. The van der Waals surface area contributed by atoms with Crippen molar-refractivity contribution in [1.29, 1.82) is 0 Å². The number of hydrogen-bond acceptors (Lipinski definition) is 4. The molecular formula is C14H22BrN3O. The molecule has 1 aromatic rings. The Labute approximate surface area is 123 Å². The van der Waals surface area contributed by atoms with Crippen LogP contribution in [0.4, 0.5) is 0 Å². The van der Waals surface area contributed by atoms with Crippen molar-refractivity contribution < 1.29 is 4.74 Å². The van der Waals surface area contributed by atoms with Crippen molar-refractivity contribution >= 4 is 15.9 Å². The minimum Gasteiger partial charge on any atom is -0.496 e. The van der Waals surface area contributed by atoms with E-state index in [1.807, 2.05) is 12.1 Å². The average molecular weight is 328 g/mol. The van der Waals surface area contributed by atoms with Gasteiger partial charge >= 0.3 is 0 Å². The lowest BCUT2D eigenvalue weighted by molar-refractivity contribution is 0.182. The maximum absolute atomic E-state index is 6.38. The highest BCUT2D eigenvalue weighted by Gasteiger charge is 2.23. The van der Waals surface area contributed by atoms with E-state index in [0.717, 1.165) is 41.8 Å². The highest BCUT2D eigenvalue weighted by atomic mass is 79.9. The van der Waals surface area contributed by atoms with Crippen molar-refractivity contribution in [2.24, 2.45) is 5.73 Å². The number of nitrogens with one attached hydrogen (secondary N) is 1. The minimum absolute atomic E-state index is 0.0141. The van der Waals surface area contributed by atoms with Gasteiger partial charge in [-0.3, -0.25) is 0 Å². The molecule has 2 atom stereocenters. The largest absolute Gasteiger partial charge is 0.496 e. The topological polar surface area (TPSA) is 50.5 Å². The van der Waals surface area contributed by atoms with E-state index in [-0.39, 0.29) is 6.04 Å². The van der Waals surface area contributed by atoms with Gasteiger partial charge in [0, 0.05) is 41.8 Å². The zero-order valence-electron chi connectivity index (χ0n) is 11.5. The molecule has 0 aliphatic carbocycles. The zero-order valence-corrected chi connectivity index (χ0v) is 13.1. The van der Waals surface area contributed by atoms with Gasteiger partial charge in [0.2, 0.25) is 0 Å². The summed E-state index contributed by atoms with van der Waals surface area (Å²) in [5.41, 5.74) is 7.44. The molecule has 4 nitrogen and oxygen atoms in total. The molecule has 106 valence electrons. The third-order valence-corrected chi connectivity index (χ3v) is 4.26. The van der Waals surface area contributed by atoms with E-state index in [2.05, 4.69) is 39.3 Å². The molecule has 0 amide bonds. The molecule has 1 heterocycles. The first-order valence-corrected chi connectivity index (χ1v) is 7.41. The second-order valence-corrected chi connectivity index (χ2v) is 5.98. The molecule has 3 N–H and O–H groups in total. The van der Waals surface area contributed by atoms with Gasteiger partial charge in [-0.25, -0.2) is 0 Å². The Morgan fingerprint density at radius 2 is 2.37 bits per heavy atom. The Bertz CT molecular complexity index is 427. The predicted molar refractivity (Wildman–Crippen MR) is 81.5 cm³/mol. The molecule has 1 aliphatic heterocycles. The third kappa shape index (κ3) is 3.69. The van der Waals surface area contributed by atoms with Gasteiger partial charge in [0.1, 0.15) is 5.75 Å². The van der Waals surface area contributed by atoms with Crippen molar-refractivity contribution in [1.82, 2.24) is 10.2 Å². The van der Waals surface area contributed by atoms with Crippen LogP contribution in [-0.4, -0.2) is 44.7 Å². The molecular weight excluding hydrogens is 306 g/mol. The second kappa shape index (κ2) is 6.70. The predicted octanol–water partition coefficient (Wildman–Crippen LogP) is 1.75. The number of nitrogens with zero attached hydrogens (tertiary/aromatic N) is 1. The van der Waals surface area contributed by atoms with Gasteiger partial charge in [-0.15, -0.1) is 0 Å². The lowest BCUT2D eigenvalue weighted by Crippen LogP contribution is -2.50. The van der Waals surface area contributed by atoms with E-state index >= 15 is 0 Å². The Morgan fingerprint density at radius 1 is 1.58 bits per heavy atom. The van der Waals surface area contributed by atoms with Crippen molar-refractivity contribution in [2.45, 2.75) is 18.5 Å². The molecule has 19 heavy (non-hydrogen) atoms. The van der Waals surface area contributed by atoms with Crippen LogP contribution >= 0.6 is 15.9 Å². The number of hydrogen-bond donors (Lipinski definition) is 2. The number of benzene rings is 1. The lowest BCUT2D eigenvalue weighted by atomic mass is 9.97. The Morgan fingerprint density at radius 3 is 3.05 bits per heavy atom. The van der Waals surface area contributed by atoms with Crippen LogP contribution in [-0.2, 0) is 0 Å². The molecule has 1 fully saturated rings. The average Bonchev–Trinajstić information content (AvgIpc) is 2.41. The second-order valence-electron chi connectivity index (χ2n) is 5.07. The lowest BCUT2D eigenvalue weighted by Gasteiger charge is -2.34. The molecule has 1 aliphatic rings. The molecule has 1 saturated heterocycles. The van der Waals surface area contributed by atoms with Gasteiger partial charge in [0.25, 0.3) is 0 Å². The Hall–Kier alpha value is -0.620. The molecule has 2 unspecified atom stereocenters. The molecule has 1 aromatic carbocycles. The van der Waals surface area contributed by atoms with E-state index in [1.54, 1.807) is 7.11 Å². The van der Waals surface area contributed by atoms with E-state index in [1.165, 1.54) is 0 Å². The normalized spacial score (nSPS) is 22.2. The summed E-state index contributed by atoms with van der Waals surface area (Å²) in [7, 11) is 3.85. The Kier molecular flexibility index (Phi) is 5.21. The number of rotatable bonds is 4. The third-order valence-electron chi connectivity index (χ3n) is 3.76. The molecule has 5 heteroatoms. The summed E-state index contributed by atoms with van der Waals surface area (Å²) in [6.07, 6.45) is 0.927. The summed E-state index contributed by atoms with van der Waals surface area (Å²) < 4.78 is 6.44. The van der Waals surface area contributed by atoms with Crippen LogP contribution in [0.3, 0.4) is 0 Å². The SMILES string of the molecule is COc1ccc(Br)cc1C(N)CC1CNCCN1C. The smallest absolute Gasteiger partial charge is 0.123 e. The van der Waals surface area contributed by atoms with Crippen LogP contribution in [0.5, 0.6) is 5.75 Å². The first-order chi connectivity index (χ1) is 9.11. The summed E-state index contributed by atoms with van der Waals surface area (Å²) in [5, 5.41) is 3.42. The van der Waals surface area contributed by atoms with Gasteiger partial charge in [0.05, 0.1) is 7.11 Å². The van der Waals surface area contributed by atoms with Crippen LogP contribution in [0.1, 0.15) is 18.0 Å². The highest BCUT2D eigenvalue weighted by molar-refractivity contribution is 9.10. The van der Waals surface area contributed by atoms with Crippen LogP contribution in [0.2, 0.25) is 0 Å². The zero-order chi connectivity index (χ0) is 13.8. The van der Waals surface area contributed by atoms with Gasteiger partial charge in [-0.05, 0) is 31.7 Å². The van der Waals surface area contributed by atoms with E-state index in [4.69, 9.17) is 10.5 Å². The number of nitrogens with two attached hydrogens (primary N) is 1. The summed E-state index contributed by atoms with van der Waals surface area (Å²) in [4.78, 5) is 2.38. The van der Waals surface area contributed by atoms with Gasteiger partial charge in [-0.2, -0.15) is 0 Å². The van der Waals surface area contributed by atoms with Crippen molar-refractivity contribution in [3.8, 4) is 5.75 Å². The summed E-state index contributed by atoms with van der Waals surface area (Å²) in [5.74, 6) is 0.863. The minimum atomic E-state index is -0.0141. The van der Waals surface area contributed by atoms with Crippen molar-refractivity contribution in [2.75, 3.05) is 33.8 Å². The van der Waals surface area contributed by atoms with Crippen LogP contribution in [0.15, 0.2) is 22.7 Å². The Balaban J connectivity index is 2.10. The van der Waals surface area contributed by atoms with Crippen molar-refractivity contribution in [3.63, 3.8) is 0 Å². The molecule has 0 aromatic heterocycles. The van der Waals surface area contributed by atoms with Crippen molar-refractivity contribution in [3.05, 3.63) is 28.2 Å². The number of piperazine rings is 1. The first kappa shape index (κ1) is 14.8. The summed E-state index contributed by atoms with van der Waals surface area (Å²) in [6, 6.07) is 6.46. The number of ether oxygens (including phenoxy) is 1. The summed E-state index contributed by atoms with van der Waals surface area (Å²) in [6.45, 7) is 3.13. The van der Waals surface area contributed by atoms with Gasteiger partial charge in [0.15, 0.2) is 0 Å². The van der Waals surface area contributed by atoms with Crippen LogP contribution < -0.4 is 15.8 Å². The maximum atomic E-state index is 6.38. The van der Waals surface area contributed by atoms with Gasteiger partial charge in [-0.1, -0.05) is 15.9 Å². The number of halogens is 1. The van der Waals surface area contributed by atoms with Gasteiger partial charge < -0.3 is 20.7 Å². The summed E-state index contributed by atoms with van der Waals surface area (Å²) >= 11 is 3.50. The van der Waals surface area contributed by atoms with E-state index < -0.39 is 0 Å². The highest BCUT2D eigenvalue weighted by Crippen LogP contribution is 2.30. The standard InChI is InChI=1S/C14H22BrN3O/c1-18-6-5-17-9-11(18)8-13(16)12-7-10(15)3-4-14(12)19-2/h3-4,7,11,13,17H,5-6,8-9,16H2,1-2H3. The maximum Gasteiger partial charge on any atom is 0.123 e. The number of methoxy groups -OCH3 is 1. The van der Waals surface area contributed by atoms with Crippen LogP contribution in [0, 0.1) is 0 Å². The molecule has 2 rings (SSSR count). The molecule has 0 bridgehead atoms. The monoisotopic (exact) mass is 327 g/mol. The fourth-order valence-electron chi connectivity index (χ4n) is 2.54. The van der Waals surface area contributed by atoms with E-state index in [9.17, 15) is 0 Å². The van der Waals surface area contributed by atoms with Crippen LogP contribution in [0.25, 0.3) is 0 Å². The molecule has 0 saturated carbocycles. The molecule has 0 spiro atoms.